The molecule has 5 rings (SSSR count). The number of ether oxygens (including phenoxy) is 3. The normalized spacial score (nSPS) is 12.2. The van der Waals surface area contributed by atoms with Gasteiger partial charge in [0.2, 0.25) is 5.82 Å². The van der Waals surface area contributed by atoms with Gasteiger partial charge in [-0.1, -0.05) is 46.3 Å². The minimum Gasteiger partial charge on any atom is -0.493 e. The molecule has 5 aromatic rings. The Kier molecular flexibility index (Phi) is 7.47. The second-order valence-corrected chi connectivity index (χ2v) is 9.42. The van der Waals surface area contributed by atoms with E-state index in [1.54, 1.807) is 44.2 Å². The fourth-order valence-electron chi connectivity index (χ4n) is 4.05. The van der Waals surface area contributed by atoms with Gasteiger partial charge in [0, 0.05) is 15.4 Å². The Morgan fingerprint density at radius 3 is 2.69 bits per heavy atom. The molecule has 0 spiro atoms. The van der Waals surface area contributed by atoms with Gasteiger partial charge in [0.05, 0.1) is 30.8 Å². The molecule has 0 aliphatic rings. The standard InChI is InChI=1S/C29H24BrN3O6/c1-4-37-29(35)17(2)38-26-19(13-20(30)15-24(26)36-3)16-31-33-27(25-14-18-9-5-8-12-23(18)39-25)32-22-11-7-6-10-21(22)28(33)34/h5-17H,4H2,1-3H3/t17-/m0/s1. The molecule has 0 bridgehead atoms. The van der Waals surface area contributed by atoms with E-state index in [1.165, 1.54) is 18.0 Å². The molecule has 0 radical (unpaired) electrons. The van der Waals surface area contributed by atoms with Gasteiger partial charge in [-0.3, -0.25) is 4.79 Å². The Morgan fingerprint density at radius 1 is 1.15 bits per heavy atom. The molecule has 0 saturated carbocycles. The zero-order valence-corrected chi connectivity index (χ0v) is 23.0. The number of rotatable bonds is 8. The summed E-state index contributed by atoms with van der Waals surface area (Å²) in [7, 11) is 1.49. The van der Waals surface area contributed by atoms with Crippen molar-refractivity contribution in [1.29, 1.82) is 0 Å². The van der Waals surface area contributed by atoms with Crippen LogP contribution >= 0.6 is 15.9 Å². The van der Waals surface area contributed by atoms with Crippen molar-refractivity contribution < 1.29 is 23.4 Å². The highest BCUT2D eigenvalue weighted by atomic mass is 79.9. The summed E-state index contributed by atoms with van der Waals surface area (Å²) in [5, 5.41) is 5.79. The number of aromatic nitrogens is 2. The summed E-state index contributed by atoms with van der Waals surface area (Å²) >= 11 is 3.47. The molecule has 1 atom stereocenters. The van der Waals surface area contributed by atoms with Gasteiger partial charge in [-0.25, -0.2) is 9.78 Å². The fourth-order valence-corrected chi connectivity index (χ4v) is 4.50. The van der Waals surface area contributed by atoms with Crippen molar-refractivity contribution in [2.75, 3.05) is 13.7 Å². The first-order valence-electron chi connectivity index (χ1n) is 12.2. The molecule has 9 nitrogen and oxygen atoms in total. The number of carbonyl (C=O) groups excluding carboxylic acids is 1. The molecular weight excluding hydrogens is 566 g/mol. The van der Waals surface area contributed by atoms with Crippen LogP contribution in [0.25, 0.3) is 33.5 Å². The van der Waals surface area contributed by atoms with Crippen molar-refractivity contribution in [2.45, 2.75) is 20.0 Å². The third-order valence-corrected chi connectivity index (χ3v) is 6.35. The number of hydrogen-bond acceptors (Lipinski definition) is 8. The van der Waals surface area contributed by atoms with Gasteiger partial charge in [-0.2, -0.15) is 9.78 Å². The molecule has 0 unspecified atom stereocenters. The van der Waals surface area contributed by atoms with Gasteiger partial charge < -0.3 is 18.6 Å². The largest absolute Gasteiger partial charge is 0.493 e. The van der Waals surface area contributed by atoms with Crippen molar-refractivity contribution >= 4 is 50.0 Å². The van der Waals surface area contributed by atoms with Gasteiger partial charge in [0.15, 0.2) is 23.4 Å². The summed E-state index contributed by atoms with van der Waals surface area (Å²) in [5.74, 6) is 0.721. The molecule has 2 aromatic heterocycles. The second-order valence-electron chi connectivity index (χ2n) is 8.50. The number of methoxy groups -OCH3 is 1. The van der Waals surface area contributed by atoms with E-state index in [0.717, 1.165) is 5.39 Å². The maximum absolute atomic E-state index is 13.6. The van der Waals surface area contributed by atoms with Gasteiger partial charge in [-0.05, 0) is 50.2 Å². The van der Waals surface area contributed by atoms with Crippen LogP contribution in [-0.2, 0) is 9.53 Å². The minimum atomic E-state index is -0.914. The summed E-state index contributed by atoms with van der Waals surface area (Å²) in [5.41, 5.74) is 1.25. The molecule has 0 aliphatic heterocycles. The second kappa shape index (κ2) is 11.1. The SMILES string of the molecule is CCOC(=O)[C@H](C)Oc1c(C=Nn2c(-c3cc4ccccc4o3)nc3ccccc3c2=O)cc(Br)cc1OC. The Balaban J connectivity index is 1.66. The van der Waals surface area contributed by atoms with Gasteiger partial charge in [0.25, 0.3) is 5.56 Å². The van der Waals surface area contributed by atoms with E-state index in [9.17, 15) is 9.59 Å². The van der Waals surface area contributed by atoms with Gasteiger partial charge >= 0.3 is 5.97 Å². The number of furan rings is 1. The van der Waals surface area contributed by atoms with Crippen LogP contribution in [0.1, 0.15) is 19.4 Å². The first-order chi connectivity index (χ1) is 18.9. The molecule has 10 heteroatoms. The maximum atomic E-state index is 13.6. The van der Waals surface area contributed by atoms with Crippen LogP contribution in [-0.4, -0.2) is 41.7 Å². The number of esters is 1. The van der Waals surface area contributed by atoms with Crippen LogP contribution in [0.4, 0.5) is 0 Å². The van der Waals surface area contributed by atoms with E-state index in [4.69, 9.17) is 23.6 Å². The lowest BCUT2D eigenvalue weighted by Crippen LogP contribution is -2.26. The highest BCUT2D eigenvalue weighted by molar-refractivity contribution is 9.10. The molecule has 2 heterocycles. The quantitative estimate of drug-likeness (QED) is 0.166. The number of carbonyl (C=O) groups is 1. The van der Waals surface area contributed by atoms with E-state index >= 15 is 0 Å². The highest BCUT2D eigenvalue weighted by Gasteiger charge is 2.21. The Morgan fingerprint density at radius 2 is 1.92 bits per heavy atom. The predicted octanol–water partition coefficient (Wildman–Crippen LogP) is 5.79. The lowest BCUT2D eigenvalue weighted by molar-refractivity contribution is -0.150. The van der Waals surface area contributed by atoms with Crippen molar-refractivity contribution in [3.05, 3.63) is 87.1 Å². The molecule has 198 valence electrons. The molecule has 0 fully saturated rings. The lowest BCUT2D eigenvalue weighted by Gasteiger charge is -2.18. The highest BCUT2D eigenvalue weighted by Crippen LogP contribution is 2.35. The monoisotopic (exact) mass is 589 g/mol. The average Bonchev–Trinajstić information content (AvgIpc) is 3.37. The first kappa shape index (κ1) is 26.2. The van der Waals surface area contributed by atoms with Crippen molar-refractivity contribution in [1.82, 2.24) is 9.66 Å². The Hall–Kier alpha value is -4.44. The third-order valence-electron chi connectivity index (χ3n) is 5.89. The van der Waals surface area contributed by atoms with Crippen LogP contribution < -0.4 is 15.0 Å². The molecule has 0 N–H and O–H groups in total. The number of hydrogen-bond donors (Lipinski definition) is 0. The minimum absolute atomic E-state index is 0.223. The summed E-state index contributed by atoms with van der Waals surface area (Å²) in [6.07, 6.45) is 0.535. The van der Waals surface area contributed by atoms with Crippen LogP contribution in [0.15, 0.2) is 85.5 Å². The first-order valence-corrected chi connectivity index (χ1v) is 12.9. The third kappa shape index (κ3) is 5.28. The molecular formula is C29H24BrN3O6. The topological polar surface area (TPSA) is 105 Å². The van der Waals surface area contributed by atoms with Crippen molar-refractivity contribution in [3.8, 4) is 23.1 Å². The number of nitrogens with zero attached hydrogens (tertiary/aromatic N) is 3. The van der Waals surface area contributed by atoms with Gasteiger partial charge in [0.1, 0.15) is 5.58 Å². The van der Waals surface area contributed by atoms with Crippen LogP contribution in [0.3, 0.4) is 0 Å². The number of fused-ring (bicyclic) bond motifs is 2. The lowest BCUT2D eigenvalue weighted by atomic mass is 10.2. The predicted molar refractivity (Wildman–Crippen MR) is 152 cm³/mol. The molecule has 39 heavy (non-hydrogen) atoms. The fraction of sp³-hybridized carbons (Fsp3) is 0.172. The number of halogens is 1. The zero-order valence-electron chi connectivity index (χ0n) is 21.4. The number of para-hydroxylation sites is 2. The molecule has 0 aliphatic carbocycles. The summed E-state index contributed by atoms with van der Waals surface area (Å²) in [4.78, 5) is 30.6. The van der Waals surface area contributed by atoms with E-state index in [1.807, 2.05) is 36.4 Å². The summed E-state index contributed by atoms with van der Waals surface area (Å²) < 4.78 is 24.4. The summed E-state index contributed by atoms with van der Waals surface area (Å²) in [6.45, 7) is 3.52. The smallest absolute Gasteiger partial charge is 0.347 e. The Bertz CT molecular complexity index is 1740. The van der Waals surface area contributed by atoms with E-state index < -0.39 is 12.1 Å². The van der Waals surface area contributed by atoms with Crippen LogP contribution in [0.2, 0.25) is 0 Å². The zero-order chi connectivity index (χ0) is 27.5. The Labute approximate surface area is 231 Å². The maximum Gasteiger partial charge on any atom is 0.347 e. The number of benzene rings is 3. The molecule has 0 amide bonds. The van der Waals surface area contributed by atoms with Crippen LogP contribution in [0, 0.1) is 0 Å². The molecule has 3 aromatic carbocycles. The van der Waals surface area contributed by atoms with Crippen molar-refractivity contribution in [2.24, 2.45) is 5.10 Å². The van der Waals surface area contributed by atoms with E-state index in [-0.39, 0.29) is 23.7 Å². The average molecular weight is 590 g/mol. The summed E-state index contributed by atoms with van der Waals surface area (Å²) in [6, 6.07) is 19.8. The van der Waals surface area contributed by atoms with E-state index in [0.29, 0.717) is 38.0 Å². The van der Waals surface area contributed by atoms with Crippen molar-refractivity contribution in [3.63, 3.8) is 0 Å². The van der Waals surface area contributed by atoms with Crippen LogP contribution in [0.5, 0.6) is 11.5 Å². The van der Waals surface area contributed by atoms with E-state index in [2.05, 4.69) is 21.0 Å². The van der Waals surface area contributed by atoms with Gasteiger partial charge in [-0.15, -0.1) is 0 Å². The molecule has 0 saturated heterocycles.